The maximum Gasteiger partial charge on any atom is 0.244 e. The van der Waals surface area contributed by atoms with Crippen LogP contribution in [-0.4, -0.2) is 50.0 Å². The Kier molecular flexibility index (Phi) is 9.49. The lowest BCUT2D eigenvalue weighted by molar-refractivity contribution is -0.139. The number of carbonyl (C=O) groups is 2. The summed E-state index contributed by atoms with van der Waals surface area (Å²) in [5.41, 5.74) is 0.432. The van der Waals surface area contributed by atoms with E-state index in [-0.39, 0.29) is 29.2 Å². The van der Waals surface area contributed by atoms with Gasteiger partial charge in [0.25, 0.3) is 0 Å². The summed E-state index contributed by atoms with van der Waals surface area (Å²) in [5, 5.41) is 3.27. The van der Waals surface area contributed by atoms with Gasteiger partial charge in [0.1, 0.15) is 18.4 Å². The zero-order valence-electron chi connectivity index (χ0n) is 19.8. The molecule has 1 N–H and O–H groups in total. The predicted octanol–water partition coefficient (Wildman–Crippen LogP) is 5.03. The van der Waals surface area contributed by atoms with E-state index in [1.54, 1.807) is 25.1 Å². The highest BCUT2D eigenvalue weighted by Crippen LogP contribution is 2.28. The van der Waals surface area contributed by atoms with Crippen LogP contribution in [0.1, 0.15) is 38.2 Å². The monoisotopic (exact) mass is 577 g/mol. The molecule has 1 fully saturated rings. The van der Waals surface area contributed by atoms with Gasteiger partial charge in [-0.05, 0) is 50.1 Å². The van der Waals surface area contributed by atoms with E-state index in [2.05, 4.69) is 5.32 Å². The molecule has 1 atom stereocenters. The molecule has 1 aliphatic carbocycles. The molecule has 2 aromatic rings. The Bertz CT molecular complexity index is 1220. The number of benzene rings is 2. The van der Waals surface area contributed by atoms with E-state index in [0.717, 1.165) is 48.4 Å². The molecule has 3 rings (SSSR count). The SMILES string of the molecule is CC(C(=O)NC1CCCC1)N(Cc1c(Cl)cccc1Cl)C(=O)CN(c1ccc(F)c(Cl)c1)S(C)(=O)=O. The smallest absolute Gasteiger partial charge is 0.244 e. The van der Waals surface area contributed by atoms with Crippen molar-refractivity contribution in [1.29, 1.82) is 0 Å². The average molecular weight is 579 g/mol. The molecule has 0 aromatic heterocycles. The molecule has 0 radical (unpaired) electrons. The molecular formula is C24H27Cl3FN3O4S. The quantitative estimate of drug-likeness (QED) is 0.452. The molecule has 0 aliphatic heterocycles. The molecule has 12 heteroatoms. The van der Waals surface area contributed by atoms with E-state index < -0.39 is 34.3 Å². The first-order valence-electron chi connectivity index (χ1n) is 11.3. The van der Waals surface area contributed by atoms with Crippen LogP contribution in [0.2, 0.25) is 15.1 Å². The third kappa shape index (κ3) is 7.03. The minimum Gasteiger partial charge on any atom is -0.352 e. The molecule has 1 saturated carbocycles. The number of sulfonamides is 1. The highest BCUT2D eigenvalue weighted by molar-refractivity contribution is 7.92. The van der Waals surface area contributed by atoms with Crippen molar-refractivity contribution in [3.63, 3.8) is 0 Å². The minimum absolute atomic E-state index is 0.0102. The summed E-state index contributed by atoms with van der Waals surface area (Å²) in [6.45, 7) is 0.786. The number of carbonyl (C=O) groups excluding carboxylic acids is 2. The molecule has 0 spiro atoms. The van der Waals surface area contributed by atoms with Crippen LogP contribution in [0.5, 0.6) is 0 Å². The maximum atomic E-state index is 13.7. The van der Waals surface area contributed by atoms with Crippen molar-refractivity contribution in [3.8, 4) is 0 Å². The van der Waals surface area contributed by atoms with Gasteiger partial charge in [-0.3, -0.25) is 13.9 Å². The van der Waals surface area contributed by atoms with E-state index in [1.807, 2.05) is 0 Å². The third-order valence-electron chi connectivity index (χ3n) is 6.13. The molecule has 36 heavy (non-hydrogen) atoms. The number of nitrogens with one attached hydrogen (secondary N) is 1. The van der Waals surface area contributed by atoms with Crippen molar-refractivity contribution in [2.75, 3.05) is 17.1 Å². The molecule has 2 amide bonds. The van der Waals surface area contributed by atoms with Crippen LogP contribution in [0.15, 0.2) is 36.4 Å². The fraction of sp³-hybridized carbons (Fsp3) is 0.417. The Morgan fingerprint density at radius 3 is 2.25 bits per heavy atom. The van der Waals surface area contributed by atoms with Crippen LogP contribution >= 0.6 is 34.8 Å². The molecule has 1 aliphatic rings. The van der Waals surface area contributed by atoms with E-state index >= 15 is 0 Å². The van der Waals surface area contributed by atoms with Gasteiger partial charge in [-0.1, -0.05) is 53.7 Å². The number of hydrogen-bond acceptors (Lipinski definition) is 4. The second-order valence-corrected chi connectivity index (χ2v) is 11.9. The number of amides is 2. The Morgan fingerprint density at radius 2 is 1.69 bits per heavy atom. The lowest BCUT2D eigenvalue weighted by atomic mass is 10.1. The molecule has 196 valence electrons. The summed E-state index contributed by atoms with van der Waals surface area (Å²) < 4.78 is 39.7. The molecule has 7 nitrogen and oxygen atoms in total. The summed E-state index contributed by atoms with van der Waals surface area (Å²) in [4.78, 5) is 27.9. The van der Waals surface area contributed by atoms with Crippen molar-refractivity contribution in [2.45, 2.75) is 51.2 Å². The van der Waals surface area contributed by atoms with Crippen molar-refractivity contribution in [2.24, 2.45) is 0 Å². The number of halogens is 4. The van der Waals surface area contributed by atoms with E-state index in [1.165, 1.54) is 11.0 Å². The zero-order valence-corrected chi connectivity index (χ0v) is 22.9. The van der Waals surface area contributed by atoms with Crippen molar-refractivity contribution in [3.05, 3.63) is 62.8 Å². The van der Waals surface area contributed by atoms with Gasteiger partial charge in [0.05, 0.1) is 17.0 Å². The first kappa shape index (κ1) is 28.5. The van der Waals surface area contributed by atoms with E-state index in [4.69, 9.17) is 34.8 Å². The van der Waals surface area contributed by atoms with Crippen LogP contribution in [0.25, 0.3) is 0 Å². The van der Waals surface area contributed by atoms with Gasteiger partial charge >= 0.3 is 0 Å². The summed E-state index contributed by atoms with van der Waals surface area (Å²) in [7, 11) is -3.98. The Morgan fingerprint density at radius 1 is 1.08 bits per heavy atom. The van der Waals surface area contributed by atoms with Crippen molar-refractivity contribution in [1.82, 2.24) is 10.2 Å². The number of hydrogen-bond donors (Lipinski definition) is 1. The molecule has 2 aromatic carbocycles. The summed E-state index contributed by atoms with van der Waals surface area (Å²) in [5.74, 6) is -1.77. The van der Waals surface area contributed by atoms with Gasteiger partial charge in [-0.25, -0.2) is 12.8 Å². The molecule has 0 saturated heterocycles. The van der Waals surface area contributed by atoms with E-state index in [9.17, 15) is 22.4 Å². The fourth-order valence-corrected chi connectivity index (χ4v) is 5.62. The predicted molar refractivity (Wildman–Crippen MR) is 140 cm³/mol. The Hall–Kier alpha value is -2.07. The molecule has 0 heterocycles. The normalized spacial score (nSPS) is 14.9. The summed E-state index contributed by atoms with van der Waals surface area (Å²) >= 11 is 18.5. The fourth-order valence-electron chi connectivity index (χ4n) is 4.08. The van der Waals surface area contributed by atoms with Crippen LogP contribution in [0.3, 0.4) is 0 Å². The minimum atomic E-state index is -3.98. The van der Waals surface area contributed by atoms with Crippen LogP contribution in [-0.2, 0) is 26.2 Å². The second kappa shape index (κ2) is 12.0. The molecule has 0 bridgehead atoms. The molecule has 1 unspecified atom stereocenters. The van der Waals surface area contributed by atoms with Crippen molar-refractivity contribution >= 4 is 62.3 Å². The molecular weight excluding hydrogens is 552 g/mol. The lowest BCUT2D eigenvalue weighted by Gasteiger charge is -2.32. The standard InChI is InChI=1S/C24H27Cl3FN3O4S/c1-15(24(33)29-16-6-3-4-7-16)30(13-18-19(25)8-5-9-20(18)26)23(32)14-31(36(2,34)35)17-10-11-22(28)21(27)12-17/h5,8-12,15-16H,3-4,6-7,13-14H2,1-2H3,(H,29,33). The largest absolute Gasteiger partial charge is 0.352 e. The average Bonchev–Trinajstić information content (AvgIpc) is 3.31. The van der Waals surface area contributed by atoms with Crippen LogP contribution in [0, 0.1) is 5.82 Å². The van der Waals surface area contributed by atoms with Gasteiger partial charge in [0.15, 0.2) is 0 Å². The maximum absolute atomic E-state index is 13.7. The number of rotatable bonds is 9. The van der Waals surface area contributed by atoms with Crippen LogP contribution in [0.4, 0.5) is 10.1 Å². The Labute approximate surface area is 225 Å². The first-order chi connectivity index (χ1) is 16.9. The van der Waals surface area contributed by atoms with Gasteiger partial charge in [0.2, 0.25) is 21.8 Å². The summed E-state index contributed by atoms with van der Waals surface area (Å²) in [6, 6.07) is 7.28. The number of anilines is 1. The highest BCUT2D eigenvalue weighted by Gasteiger charge is 2.32. The first-order valence-corrected chi connectivity index (χ1v) is 14.3. The second-order valence-electron chi connectivity index (χ2n) is 8.76. The van der Waals surface area contributed by atoms with Gasteiger partial charge in [-0.15, -0.1) is 0 Å². The van der Waals surface area contributed by atoms with Gasteiger partial charge in [-0.2, -0.15) is 0 Å². The Balaban J connectivity index is 1.94. The van der Waals surface area contributed by atoms with E-state index in [0.29, 0.717) is 15.6 Å². The third-order valence-corrected chi connectivity index (χ3v) is 8.27. The van der Waals surface area contributed by atoms with Gasteiger partial charge in [0, 0.05) is 28.2 Å². The zero-order chi connectivity index (χ0) is 26.6. The van der Waals surface area contributed by atoms with Crippen LogP contribution < -0.4 is 9.62 Å². The summed E-state index contributed by atoms with van der Waals surface area (Å²) in [6.07, 6.45) is 4.66. The van der Waals surface area contributed by atoms with Crippen molar-refractivity contribution < 1.29 is 22.4 Å². The topological polar surface area (TPSA) is 86.8 Å². The lowest BCUT2D eigenvalue weighted by Crippen LogP contribution is -2.52. The highest BCUT2D eigenvalue weighted by atomic mass is 35.5. The van der Waals surface area contributed by atoms with Gasteiger partial charge < -0.3 is 10.2 Å². The number of nitrogens with zero attached hydrogens (tertiary/aromatic N) is 2.